The van der Waals surface area contributed by atoms with E-state index in [1.807, 2.05) is 25.1 Å². The van der Waals surface area contributed by atoms with Gasteiger partial charge in [-0.25, -0.2) is 13.1 Å². The van der Waals surface area contributed by atoms with Crippen LogP contribution in [0.3, 0.4) is 0 Å². The maximum absolute atomic E-state index is 11.0. The summed E-state index contributed by atoms with van der Waals surface area (Å²) in [6.45, 7) is 8.85. The number of benzene rings is 1. The normalized spacial score (nSPS) is 12.4. The fraction of sp³-hybridized carbons (Fsp3) is 0.611. The highest BCUT2D eigenvalue weighted by atomic mass is 127. The Morgan fingerprint density at radius 1 is 1.22 bits per heavy atom. The van der Waals surface area contributed by atoms with E-state index in [0.29, 0.717) is 26.1 Å². The molecule has 9 heteroatoms. The van der Waals surface area contributed by atoms with Crippen LogP contribution in [0.15, 0.2) is 29.3 Å². The zero-order chi connectivity index (χ0) is 19.6. The van der Waals surface area contributed by atoms with Crippen LogP contribution < -0.4 is 15.4 Å². The summed E-state index contributed by atoms with van der Waals surface area (Å²) in [5.41, 5.74) is 1.19. The summed E-state index contributed by atoms with van der Waals surface area (Å²) in [7, 11) is -3.13. The number of aliphatic imine (C=N–C) groups is 1. The van der Waals surface area contributed by atoms with Gasteiger partial charge in [0.1, 0.15) is 0 Å². The lowest BCUT2D eigenvalue weighted by Crippen LogP contribution is -2.39. The highest BCUT2D eigenvalue weighted by Gasteiger charge is 2.18. The average molecular weight is 531 g/mol. The third-order valence-corrected chi connectivity index (χ3v) is 4.55. The first-order valence-corrected chi connectivity index (χ1v) is 11.1. The van der Waals surface area contributed by atoms with Gasteiger partial charge in [-0.1, -0.05) is 37.6 Å². The maximum Gasteiger partial charge on any atom is 0.208 e. The molecule has 0 radical (unpaired) electrons. The first kappa shape index (κ1) is 26.4. The molecule has 1 aromatic carbocycles. The third-order valence-electron chi connectivity index (χ3n) is 3.59. The molecule has 0 bridgehead atoms. The number of sulfonamides is 1. The average Bonchev–Trinajstić information content (AvgIpc) is 2.50. The summed E-state index contributed by atoms with van der Waals surface area (Å²) in [5, 5.41) is 7.20. The van der Waals surface area contributed by atoms with E-state index >= 15 is 0 Å². The van der Waals surface area contributed by atoms with Crippen LogP contribution in [0, 0.1) is 5.41 Å². The molecule has 0 aliphatic heterocycles. The SMILES string of the molecule is CCNC(=NCC(C)(C)Cc1cccc(Cl)c1)NCCCNS(C)(=O)=O.I. The van der Waals surface area contributed by atoms with Gasteiger partial charge in [0, 0.05) is 31.2 Å². The molecule has 0 aromatic heterocycles. The predicted octanol–water partition coefficient (Wildman–Crippen LogP) is 3.02. The highest BCUT2D eigenvalue weighted by Crippen LogP contribution is 2.23. The van der Waals surface area contributed by atoms with Gasteiger partial charge in [0.05, 0.1) is 6.26 Å². The predicted molar refractivity (Wildman–Crippen MR) is 126 cm³/mol. The third kappa shape index (κ3) is 13.3. The van der Waals surface area contributed by atoms with Gasteiger partial charge in [-0.2, -0.15) is 0 Å². The number of rotatable bonds is 10. The lowest BCUT2D eigenvalue weighted by molar-refractivity contribution is 0.377. The zero-order valence-electron chi connectivity index (χ0n) is 16.5. The van der Waals surface area contributed by atoms with Crippen LogP contribution in [0.5, 0.6) is 0 Å². The van der Waals surface area contributed by atoms with Crippen molar-refractivity contribution in [2.45, 2.75) is 33.6 Å². The minimum atomic E-state index is -3.13. The van der Waals surface area contributed by atoms with Crippen molar-refractivity contribution >= 4 is 51.6 Å². The van der Waals surface area contributed by atoms with E-state index in [-0.39, 0.29) is 29.4 Å². The minimum Gasteiger partial charge on any atom is -0.357 e. The van der Waals surface area contributed by atoms with Crippen molar-refractivity contribution in [3.05, 3.63) is 34.9 Å². The lowest BCUT2D eigenvalue weighted by atomic mass is 9.86. The van der Waals surface area contributed by atoms with Gasteiger partial charge in [-0.3, -0.25) is 4.99 Å². The number of hydrogen-bond acceptors (Lipinski definition) is 3. The molecule has 6 nitrogen and oxygen atoms in total. The van der Waals surface area contributed by atoms with Crippen LogP contribution >= 0.6 is 35.6 Å². The molecule has 0 saturated heterocycles. The van der Waals surface area contributed by atoms with Gasteiger partial charge in [0.25, 0.3) is 0 Å². The smallest absolute Gasteiger partial charge is 0.208 e. The van der Waals surface area contributed by atoms with E-state index in [4.69, 9.17) is 11.6 Å². The summed E-state index contributed by atoms with van der Waals surface area (Å²) < 4.78 is 24.6. The second-order valence-electron chi connectivity index (χ2n) is 7.11. The summed E-state index contributed by atoms with van der Waals surface area (Å²) in [6, 6.07) is 7.91. The molecule has 0 heterocycles. The monoisotopic (exact) mass is 530 g/mol. The van der Waals surface area contributed by atoms with E-state index in [0.717, 1.165) is 30.2 Å². The first-order chi connectivity index (χ1) is 12.1. The Morgan fingerprint density at radius 2 is 1.93 bits per heavy atom. The minimum absolute atomic E-state index is 0. The molecular weight excluding hydrogens is 499 g/mol. The van der Waals surface area contributed by atoms with Gasteiger partial charge in [-0.05, 0) is 42.9 Å². The first-order valence-electron chi connectivity index (χ1n) is 8.82. The number of hydrogen-bond donors (Lipinski definition) is 3. The quantitative estimate of drug-likeness (QED) is 0.188. The van der Waals surface area contributed by atoms with E-state index in [1.165, 1.54) is 5.56 Å². The fourth-order valence-corrected chi connectivity index (χ4v) is 3.17. The summed E-state index contributed by atoms with van der Waals surface area (Å²) in [4.78, 5) is 4.67. The van der Waals surface area contributed by atoms with Crippen molar-refractivity contribution in [1.82, 2.24) is 15.4 Å². The Hall–Kier alpha value is -0.580. The van der Waals surface area contributed by atoms with E-state index in [2.05, 4.69) is 40.3 Å². The largest absolute Gasteiger partial charge is 0.357 e. The molecule has 0 saturated carbocycles. The highest BCUT2D eigenvalue weighted by molar-refractivity contribution is 14.0. The standard InChI is InChI=1S/C18H31ClN4O2S.HI/c1-5-20-17(21-10-7-11-23-26(4,24)25)22-14-18(2,3)13-15-8-6-9-16(19)12-15;/h6,8-9,12,23H,5,7,10-11,13-14H2,1-4H3,(H2,20,21,22);1H. The topological polar surface area (TPSA) is 82.6 Å². The number of halogens is 2. The molecule has 3 N–H and O–H groups in total. The Bertz CT molecular complexity index is 696. The Balaban J connectivity index is 0.00000676. The maximum atomic E-state index is 11.0. The van der Waals surface area contributed by atoms with Gasteiger partial charge in [-0.15, -0.1) is 24.0 Å². The molecule has 156 valence electrons. The molecule has 0 unspecified atom stereocenters. The number of guanidine groups is 1. The summed E-state index contributed by atoms with van der Waals surface area (Å²) in [5.74, 6) is 0.742. The Morgan fingerprint density at radius 3 is 2.52 bits per heavy atom. The number of nitrogens with zero attached hydrogens (tertiary/aromatic N) is 1. The molecule has 0 fully saturated rings. The van der Waals surface area contributed by atoms with Crippen LogP contribution in [-0.2, 0) is 16.4 Å². The van der Waals surface area contributed by atoms with Gasteiger partial charge >= 0.3 is 0 Å². The van der Waals surface area contributed by atoms with Crippen molar-refractivity contribution in [3.8, 4) is 0 Å². The molecule has 0 spiro atoms. The molecule has 0 amide bonds. The van der Waals surface area contributed by atoms with Crippen molar-refractivity contribution < 1.29 is 8.42 Å². The van der Waals surface area contributed by atoms with Crippen LogP contribution in [0.1, 0.15) is 32.8 Å². The number of nitrogens with one attached hydrogen (secondary N) is 3. The molecule has 1 aromatic rings. The van der Waals surface area contributed by atoms with Gasteiger partial charge < -0.3 is 10.6 Å². The van der Waals surface area contributed by atoms with Crippen LogP contribution in [0.2, 0.25) is 5.02 Å². The molecule has 0 aliphatic carbocycles. The fourth-order valence-electron chi connectivity index (χ4n) is 2.44. The molecule has 1 rings (SSSR count). The van der Waals surface area contributed by atoms with Gasteiger partial charge in [0.2, 0.25) is 10.0 Å². The summed E-state index contributed by atoms with van der Waals surface area (Å²) >= 11 is 6.06. The van der Waals surface area contributed by atoms with E-state index in [9.17, 15) is 8.42 Å². The molecule has 0 aliphatic rings. The Labute approximate surface area is 186 Å². The van der Waals surface area contributed by atoms with Crippen LogP contribution in [0.25, 0.3) is 0 Å². The molecular formula is C18H32ClIN4O2S. The molecule has 27 heavy (non-hydrogen) atoms. The van der Waals surface area contributed by atoms with Crippen LogP contribution in [0.4, 0.5) is 0 Å². The van der Waals surface area contributed by atoms with Gasteiger partial charge in [0.15, 0.2) is 5.96 Å². The second kappa shape index (κ2) is 12.8. The Kier molecular flexibility index (Phi) is 12.5. The van der Waals surface area contributed by atoms with E-state index < -0.39 is 10.0 Å². The van der Waals surface area contributed by atoms with Crippen LogP contribution in [-0.4, -0.2) is 46.8 Å². The van der Waals surface area contributed by atoms with Crippen molar-refractivity contribution in [2.75, 3.05) is 32.4 Å². The summed E-state index contributed by atoms with van der Waals surface area (Å²) in [6.07, 6.45) is 2.73. The van der Waals surface area contributed by atoms with Crippen molar-refractivity contribution in [3.63, 3.8) is 0 Å². The van der Waals surface area contributed by atoms with Crippen molar-refractivity contribution in [1.29, 1.82) is 0 Å². The molecule has 0 atom stereocenters. The second-order valence-corrected chi connectivity index (χ2v) is 9.38. The van der Waals surface area contributed by atoms with E-state index in [1.54, 1.807) is 0 Å². The zero-order valence-corrected chi connectivity index (χ0v) is 20.4. The van der Waals surface area contributed by atoms with Crippen molar-refractivity contribution in [2.24, 2.45) is 10.4 Å². The lowest BCUT2D eigenvalue weighted by Gasteiger charge is -2.23.